The fourth-order valence-corrected chi connectivity index (χ4v) is 1.97. The summed E-state index contributed by atoms with van der Waals surface area (Å²) in [6.45, 7) is 2.76. The number of ether oxygens (including phenoxy) is 1. The first-order chi connectivity index (χ1) is 9.70. The van der Waals surface area contributed by atoms with E-state index in [2.05, 4.69) is 10.4 Å². The minimum Gasteiger partial charge on any atom is -0.465 e. The lowest BCUT2D eigenvalue weighted by molar-refractivity contribution is -0.145. The summed E-state index contributed by atoms with van der Waals surface area (Å²) in [5.41, 5.74) is 1.92. The zero-order valence-electron chi connectivity index (χ0n) is 11.7. The van der Waals surface area contributed by atoms with Gasteiger partial charge in [-0.1, -0.05) is 30.3 Å². The van der Waals surface area contributed by atoms with E-state index in [1.807, 2.05) is 43.6 Å². The lowest BCUT2D eigenvalue weighted by atomic mass is 10.1. The van der Waals surface area contributed by atoms with Gasteiger partial charge in [0.05, 0.1) is 12.8 Å². The van der Waals surface area contributed by atoms with Crippen molar-refractivity contribution >= 4 is 5.97 Å². The van der Waals surface area contributed by atoms with Crippen LogP contribution in [0.5, 0.6) is 0 Å². The van der Waals surface area contributed by atoms with Crippen molar-refractivity contribution in [2.75, 3.05) is 6.61 Å². The third-order valence-corrected chi connectivity index (χ3v) is 2.93. The predicted octanol–water partition coefficient (Wildman–Crippen LogP) is 1.81. The second-order valence-corrected chi connectivity index (χ2v) is 4.50. The van der Waals surface area contributed by atoms with Crippen molar-refractivity contribution in [3.05, 3.63) is 53.9 Å². The van der Waals surface area contributed by atoms with Crippen LogP contribution in [-0.4, -0.2) is 22.4 Å². The van der Waals surface area contributed by atoms with Gasteiger partial charge in [0.25, 0.3) is 0 Å². The van der Waals surface area contributed by atoms with Gasteiger partial charge in [-0.3, -0.25) is 10.00 Å². The number of carbonyl (C=O) groups is 1. The van der Waals surface area contributed by atoms with Crippen molar-refractivity contribution in [3.63, 3.8) is 0 Å². The van der Waals surface area contributed by atoms with Gasteiger partial charge < -0.3 is 4.74 Å². The van der Waals surface area contributed by atoms with E-state index < -0.39 is 6.04 Å². The summed E-state index contributed by atoms with van der Waals surface area (Å²) in [5.74, 6) is -0.281. The Morgan fingerprint density at radius 3 is 2.75 bits per heavy atom. The Balaban J connectivity index is 2.08. The first-order valence-corrected chi connectivity index (χ1v) is 6.63. The molecular weight excluding hydrogens is 254 g/mol. The van der Waals surface area contributed by atoms with Gasteiger partial charge in [0.1, 0.15) is 6.04 Å². The summed E-state index contributed by atoms with van der Waals surface area (Å²) in [5, 5.41) is 7.33. The summed E-state index contributed by atoms with van der Waals surface area (Å²) < 4.78 is 6.79. The molecule has 0 aliphatic carbocycles. The van der Waals surface area contributed by atoms with E-state index in [0.29, 0.717) is 13.2 Å². The van der Waals surface area contributed by atoms with E-state index in [-0.39, 0.29) is 5.97 Å². The van der Waals surface area contributed by atoms with E-state index in [0.717, 1.165) is 11.1 Å². The zero-order chi connectivity index (χ0) is 14.4. The number of rotatable bonds is 6. The van der Waals surface area contributed by atoms with Gasteiger partial charge in [-0.2, -0.15) is 5.10 Å². The quantitative estimate of drug-likeness (QED) is 0.816. The molecule has 1 aromatic carbocycles. The smallest absolute Gasteiger partial charge is 0.327 e. The average molecular weight is 273 g/mol. The van der Waals surface area contributed by atoms with Gasteiger partial charge in [-0.15, -0.1) is 0 Å². The van der Waals surface area contributed by atoms with E-state index in [9.17, 15) is 4.79 Å². The maximum atomic E-state index is 12.1. The minimum absolute atomic E-state index is 0.281. The second-order valence-electron chi connectivity index (χ2n) is 4.50. The lowest BCUT2D eigenvalue weighted by Gasteiger charge is -2.16. The number of nitrogens with zero attached hydrogens (tertiary/aromatic N) is 2. The van der Waals surface area contributed by atoms with Crippen molar-refractivity contribution in [1.29, 1.82) is 0 Å². The molecule has 5 nitrogen and oxygen atoms in total. The Bertz CT molecular complexity index is 551. The Morgan fingerprint density at radius 1 is 1.40 bits per heavy atom. The first kappa shape index (κ1) is 14.3. The van der Waals surface area contributed by atoms with Crippen LogP contribution in [0, 0.1) is 0 Å². The van der Waals surface area contributed by atoms with Crippen molar-refractivity contribution < 1.29 is 9.53 Å². The zero-order valence-corrected chi connectivity index (χ0v) is 11.7. The maximum Gasteiger partial charge on any atom is 0.327 e. The molecule has 0 aliphatic rings. The highest BCUT2D eigenvalue weighted by molar-refractivity contribution is 5.77. The third kappa shape index (κ3) is 3.68. The largest absolute Gasteiger partial charge is 0.465 e. The van der Waals surface area contributed by atoms with Gasteiger partial charge in [0, 0.05) is 25.4 Å². The number of hydrogen-bond acceptors (Lipinski definition) is 4. The van der Waals surface area contributed by atoms with E-state index in [1.165, 1.54) is 0 Å². The van der Waals surface area contributed by atoms with Crippen LogP contribution in [-0.2, 0) is 23.1 Å². The molecule has 0 saturated carbocycles. The predicted molar refractivity (Wildman–Crippen MR) is 75.9 cm³/mol. The summed E-state index contributed by atoms with van der Waals surface area (Å²) in [4.78, 5) is 12.1. The summed E-state index contributed by atoms with van der Waals surface area (Å²) >= 11 is 0. The third-order valence-electron chi connectivity index (χ3n) is 2.93. The molecule has 0 spiro atoms. The molecule has 0 radical (unpaired) electrons. The number of nitrogens with one attached hydrogen (secondary N) is 1. The molecule has 0 bridgehead atoms. The normalized spacial score (nSPS) is 12.1. The number of esters is 1. The van der Waals surface area contributed by atoms with Crippen molar-refractivity contribution in [2.45, 2.75) is 19.5 Å². The highest BCUT2D eigenvalue weighted by Gasteiger charge is 2.22. The molecule has 0 aliphatic heterocycles. The maximum absolute atomic E-state index is 12.1. The number of benzene rings is 1. The molecule has 0 amide bonds. The number of carbonyl (C=O) groups excluding carboxylic acids is 1. The molecule has 0 fully saturated rings. The van der Waals surface area contributed by atoms with Crippen LogP contribution in [0.3, 0.4) is 0 Å². The van der Waals surface area contributed by atoms with E-state index in [4.69, 9.17) is 4.74 Å². The highest BCUT2D eigenvalue weighted by atomic mass is 16.5. The van der Waals surface area contributed by atoms with Gasteiger partial charge in [-0.05, 0) is 12.5 Å². The molecular formula is C15H19N3O2. The Morgan fingerprint density at radius 2 is 2.15 bits per heavy atom. The SMILES string of the molecule is CCOC(=O)C(NCc1ccccc1)c1cnn(C)c1. The van der Waals surface area contributed by atoms with Crippen molar-refractivity contribution in [3.8, 4) is 0 Å². The standard InChI is InChI=1S/C15H19N3O2/c1-3-20-15(19)14(13-10-17-18(2)11-13)16-9-12-7-5-4-6-8-12/h4-8,10-11,14,16H,3,9H2,1-2H3. The van der Waals surface area contributed by atoms with Crippen LogP contribution >= 0.6 is 0 Å². The fourth-order valence-electron chi connectivity index (χ4n) is 1.97. The lowest BCUT2D eigenvalue weighted by Crippen LogP contribution is -2.29. The molecule has 2 aromatic rings. The summed E-state index contributed by atoms with van der Waals surface area (Å²) in [6.07, 6.45) is 3.50. The van der Waals surface area contributed by atoms with Crippen LogP contribution in [0.15, 0.2) is 42.7 Å². The van der Waals surface area contributed by atoms with Gasteiger partial charge >= 0.3 is 5.97 Å². The van der Waals surface area contributed by atoms with Crippen LogP contribution in [0.4, 0.5) is 0 Å². The molecule has 1 unspecified atom stereocenters. The Kier molecular flexibility index (Phi) is 4.90. The van der Waals surface area contributed by atoms with Gasteiger partial charge in [-0.25, -0.2) is 4.79 Å². The molecule has 5 heteroatoms. The molecule has 20 heavy (non-hydrogen) atoms. The first-order valence-electron chi connectivity index (χ1n) is 6.63. The number of hydrogen-bond donors (Lipinski definition) is 1. The fraction of sp³-hybridized carbons (Fsp3) is 0.333. The molecule has 1 atom stereocenters. The van der Waals surface area contributed by atoms with E-state index in [1.54, 1.807) is 17.8 Å². The second kappa shape index (κ2) is 6.86. The van der Waals surface area contributed by atoms with Crippen LogP contribution in [0.2, 0.25) is 0 Å². The van der Waals surface area contributed by atoms with Gasteiger partial charge in [0.15, 0.2) is 0 Å². The highest BCUT2D eigenvalue weighted by Crippen LogP contribution is 2.14. The molecule has 1 aromatic heterocycles. The summed E-state index contributed by atoms with van der Waals surface area (Å²) in [7, 11) is 1.82. The van der Waals surface area contributed by atoms with Crippen molar-refractivity contribution in [1.82, 2.24) is 15.1 Å². The Labute approximate surface area is 118 Å². The monoisotopic (exact) mass is 273 g/mol. The van der Waals surface area contributed by atoms with Gasteiger partial charge in [0.2, 0.25) is 0 Å². The van der Waals surface area contributed by atoms with Crippen LogP contribution < -0.4 is 5.32 Å². The molecule has 1 heterocycles. The van der Waals surface area contributed by atoms with Crippen LogP contribution in [0.1, 0.15) is 24.1 Å². The molecule has 2 rings (SSSR count). The topological polar surface area (TPSA) is 56.1 Å². The Hall–Kier alpha value is -2.14. The van der Waals surface area contributed by atoms with Crippen LogP contribution in [0.25, 0.3) is 0 Å². The molecule has 106 valence electrons. The van der Waals surface area contributed by atoms with Crippen molar-refractivity contribution in [2.24, 2.45) is 7.05 Å². The summed E-state index contributed by atoms with van der Waals surface area (Å²) in [6, 6.07) is 9.44. The van der Waals surface area contributed by atoms with E-state index >= 15 is 0 Å². The minimum atomic E-state index is -0.496. The molecule has 1 N–H and O–H groups in total. The number of aryl methyl sites for hydroxylation is 1. The molecule has 0 saturated heterocycles. The average Bonchev–Trinajstić information content (AvgIpc) is 2.87. The number of aromatic nitrogens is 2.